The van der Waals surface area contributed by atoms with Gasteiger partial charge in [-0.15, -0.1) is 0 Å². The van der Waals surface area contributed by atoms with Crippen LogP contribution in [0.1, 0.15) is 22.0 Å². The molecule has 1 aliphatic heterocycles. The summed E-state index contributed by atoms with van der Waals surface area (Å²) < 4.78 is 16.3. The number of nitrogen functional groups attached to an aromatic ring is 1. The molecule has 3 rings (SSSR count). The Hall–Kier alpha value is -2.77. The average molecular weight is 385 g/mol. The first kappa shape index (κ1) is 20.0. The molecule has 1 saturated heterocycles. The van der Waals surface area contributed by atoms with Crippen LogP contribution in [-0.2, 0) is 4.74 Å². The molecule has 0 aromatic heterocycles. The largest absolute Gasteiger partial charge is 0.493 e. The van der Waals surface area contributed by atoms with Crippen LogP contribution in [0.3, 0.4) is 0 Å². The third kappa shape index (κ3) is 4.55. The predicted octanol–water partition coefficient (Wildman–Crippen LogP) is 2.09. The van der Waals surface area contributed by atoms with Crippen molar-refractivity contribution in [2.24, 2.45) is 0 Å². The molecular weight excluding hydrogens is 358 g/mol. The van der Waals surface area contributed by atoms with Crippen LogP contribution in [0.2, 0.25) is 0 Å². The van der Waals surface area contributed by atoms with Gasteiger partial charge in [-0.05, 0) is 29.8 Å². The SMILES string of the molecule is COc1ccc(C(CNC(=O)c2ccccc2N)N2CCOCC2)cc1OC. The summed E-state index contributed by atoms with van der Waals surface area (Å²) in [5.41, 5.74) is 7.92. The standard InChI is InChI=1S/C21H27N3O4/c1-26-19-8-7-15(13-20(19)27-2)18(24-9-11-28-12-10-24)14-23-21(25)16-5-3-4-6-17(16)22/h3-8,13,18H,9-12,14,22H2,1-2H3,(H,23,25). The van der Waals surface area contributed by atoms with E-state index in [4.69, 9.17) is 19.9 Å². The van der Waals surface area contributed by atoms with Gasteiger partial charge in [-0.25, -0.2) is 0 Å². The van der Waals surface area contributed by atoms with Crippen LogP contribution >= 0.6 is 0 Å². The van der Waals surface area contributed by atoms with Crippen LogP contribution in [0.15, 0.2) is 42.5 Å². The van der Waals surface area contributed by atoms with Crippen LogP contribution in [0, 0.1) is 0 Å². The fourth-order valence-corrected chi connectivity index (χ4v) is 3.40. The number of nitrogens with zero attached hydrogens (tertiary/aromatic N) is 1. The zero-order valence-electron chi connectivity index (χ0n) is 16.3. The fourth-order valence-electron chi connectivity index (χ4n) is 3.40. The number of carbonyl (C=O) groups excluding carboxylic acids is 1. The molecule has 2 aromatic carbocycles. The van der Waals surface area contributed by atoms with Crippen LogP contribution < -0.4 is 20.5 Å². The van der Waals surface area contributed by atoms with Crippen molar-refractivity contribution in [2.45, 2.75) is 6.04 Å². The van der Waals surface area contributed by atoms with Gasteiger partial charge in [0.15, 0.2) is 11.5 Å². The minimum atomic E-state index is -0.183. The second-order valence-corrected chi connectivity index (χ2v) is 6.58. The van der Waals surface area contributed by atoms with Crippen molar-refractivity contribution in [1.82, 2.24) is 10.2 Å². The number of benzene rings is 2. The maximum atomic E-state index is 12.6. The Morgan fingerprint density at radius 1 is 1.14 bits per heavy atom. The van der Waals surface area contributed by atoms with Crippen molar-refractivity contribution < 1.29 is 19.0 Å². The number of amides is 1. The van der Waals surface area contributed by atoms with E-state index in [0.717, 1.165) is 18.7 Å². The number of anilines is 1. The Kier molecular flexibility index (Phi) is 6.73. The number of rotatable bonds is 7. The zero-order valence-corrected chi connectivity index (χ0v) is 16.3. The van der Waals surface area contributed by atoms with E-state index >= 15 is 0 Å². The van der Waals surface area contributed by atoms with E-state index in [1.165, 1.54) is 0 Å². The van der Waals surface area contributed by atoms with Gasteiger partial charge >= 0.3 is 0 Å². The first-order chi connectivity index (χ1) is 13.6. The summed E-state index contributed by atoms with van der Waals surface area (Å²) in [7, 11) is 3.23. The van der Waals surface area contributed by atoms with E-state index in [1.54, 1.807) is 32.4 Å². The van der Waals surface area contributed by atoms with Gasteiger partial charge in [0.1, 0.15) is 0 Å². The van der Waals surface area contributed by atoms with E-state index in [2.05, 4.69) is 10.2 Å². The van der Waals surface area contributed by atoms with E-state index < -0.39 is 0 Å². The molecule has 3 N–H and O–H groups in total. The number of hydrogen-bond acceptors (Lipinski definition) is 6. The van der Waals surface area contributed by atoms with E-state index in [-0.39, 0.29) is 11.9 Å². The fraction of sp³-hybridized carbons (Fsp3) is 0.381. The lowest BCUT2D eigenvalue weighted by Crippen LogP contribution is -2.43. The molecule has 0 aliphatic carbocycles. The smallest absolute Gasteiger partial charge is 0.253 e. The van der Waals surface area contributed by atoms with Crippen LogP contribution in [0.5, 0.6) is 11.5 Å². The maximum Gasteiger partial charge on any atom is 0.253 e. The highest BCUT2D eigenvalue weighted by Gasteiger charge is 2.24. The molecule has 1 fully saturated rings. The molecule has 150 valence electrons. The summed E-state index contributed by atoms with van der Waals surface area (Å²) >= 11 is 0. The Morgan fingerprint density at radius 2 is 1.86 bits per heavy atom. The van der Waals surface area contributed by atoms with E-state index in [1.807, 2.05) is 24.3 Å². The number of para-hydroxylation sites is 1. The first-order valence-corrected chi connectivity index (χ1v) is 9.30. The lowest BCUT2D eigenvalue weighted by Gasteiger charge is -2.35. The van der Waals surface area contributed by atoms with Crippen LogP contribution in [-0.4, -0.2) is 57.9 Å². The lowest BCUT2D eigenvalue weighted by atomic mass is 10.0. The summed E-state index contributed by atoms with van der Waals surface area (Å²) in [5.74, 6) is 1.15. The molecule has 0 radical (unpaired) electrons. The van der Waals surface area contributed by atoms with Crippen molar-refractivity contribution in [3.05, 3.63) is 53.6 Å². The van der Waals surface area contributed by atoms with Gasteiger partial charge < -0.3 is 25.3 Å². The Bertz CT molecular complexity index is 806. The summed E-state index contributed by atoms with van der Waals surface area (Å²) in [6, 6.07) is 12.9. The van der Waals surface area contributed by atoms with Crippen molar-refractivity contribution in [2.75, 3.05) is 52.8 Å². The molecule has 28 heavy (non-hydrogen) atoms. The molecule has 1 aliphatic rings. The number of morpholine rings is 1. The molecule has 7 heteroatoms. The molecular formula is C21H27N3O4. The topological polar surface area (TPSA) is 86.0 Å². The summed E-state index contributed by atoms with van der Waals surface area (Å²) in [6.07, 6.45) is 0. The highest BCUT2D eigenvalue weighted by molar-refractivity contribution is 5.99. The van der Waals surface area contributed by atoms with Crippen molar-refractivity contribution in [3.63, 3.8) is 0 Å². The number of ether oxygens (including phenoxy) is 3. The molecule has 0 bridgehead atoms. The normalized spacial score (nSPS) is 15.6. The van der Waals surface area contributed by atoms with E-state index in [9.17, 15) is 4.79 Å². The number of nitrogens with two attached hydrogens (primary N) is 1. The zero-order chi connectivity index (χ0) is 19.9. The number of carbonyl (C=O) groups is 1. The highest BCUT2D eigenvalue weighted by atomic mass is 16.5. The van der Waals surface area contributed by atoms with Gasteiger partial charge in [0, 0.05) is 25.3 Å². The molecule has 1 atom stereocenters. The van der Waals surface area contributed by atoms with Gasteiger partial charge in [0.05, 0.1) is 39.0 Å². The second kappa shape index (κ2) is 9.43. The van der Waals surface area contributed by atoms with Gasteiger partial charge in [-0.3, -0.25) is 9.69 Å². The summed E-state index contributed by atoms with van der Waals surface area (Å²) in [6.45, 7) is 3.38. The predicted molar refractivity (Wildman–Crippen MR) is 108 cm³/mol. The van der Waals surface area contributed by atoms with Gasteiger partial charge in [0.2, 0.25) is 0 Å². The van der Waals surface area contributed by atoms with Crippen molar-refractivity contribution in [1.29, 1.82) is 0 Å². The van der Waals surface area contributed by atoms with E-state index in [0.29, 0.717) is 42.5 Å². The van der Waals surface area contributed by atoms with Gasteiger partial charge in [-0.1, -0.05) is 18.2 Å². The van der Waals surface area contributed by atoms with Crippen LogP contribution in [0.4, 0.5) is 5.69 Å². The third-order valence-corrected chi connectivity index (χ3v) is 4.94. The minimum Gasteiger partial charge on any atom is -0.493 e. The molecule has 0 spiro atoms. The minimum absolute atomic E-state index is 0.0161. The van der Waals surface area contributed by atoms with Crippen LogP contribution in [0.25, 0.3) is 0 Å². The monoisotopic (exact) mass is 385 g/mol. The molecule has 1 unspecified atom stereocenters. The molecule has 1 heterocycles. The molecule has 2 aromatic rings. The number of methoxy groups -OCH3 is 2. The van der Waals surface area contributed by atoms with Gasteiger partial charge in [0.25, 0.3) is 5.91 Å². The van der Waals surface area contributed by atoms with Crippen molar-refractivity contribution >= 4 is 11.6 Å². The third-order valence-electron chi connectivity index (χ3n) is 4.94. The van der Waals surface area contributed by atoms with Crippen molar-refractivity contribution in [3.8, 4) is 11.5 Å². The quantitative estimate of drug-likeness (QED) is 0.710. The first-order valence-electron chi connectivity index (χ1n) is 9.30. The Morgan fingerprint density at radius 3 is 2.54 bits per heavy atom. The highest BCUT2D eigenvalue weighted by Crippen LogP contribution is 2.32. The Balaban J connectivity index is 1.81. The summed E-state index contributed by atoms with van der Waals surface area (Å²) in [5, 5.41) is 3.03. The lowest BCUT2D eigenvalue weighted by molar-refractivity contribution is 0.0162. The second-order valence-electron chi connectivity index (χ2n) is 6.58. The number of nitrogens with one attached hydrogen (secondary N) is 1. The Labute approximate surface area is 165 Å². The molecule has 7 nitrogen and oxygen atoms in total. The summed E-state index contributed by atoms with van der Waals surface area (Å²) in [4.78, 5) is 14.9. The molecule has 0 saturated carbocycles. The molecule has 1 amide bonds. The maximum absolute atomic E-state index is 12.6. The number of hydrogen-bond donors (Lipinski definition) is 2. The average Bonchev–Trinajstić information content (AvgIpc) is 2.74. The van der Waals surface area contributed by atoms with Gasteiger partial charge in [-0.2, -0.15) is 0 Å².